The molecule has 120 valence electrons. The van der Waals surface area contributed by atoms with Crippen LogP contribution in [0.1, 0.15) is 66.2 Å². The lowest BCUT2D eigenvalue weighted by atomic mass is 10.1. The molecule has 2 N–H and O–H groups in total. The van der Waals surface area contributed by atoms with Gasteiger partial charge in [0.2, 0.25) is 5.91 Å². The van der Waals surface area contributed by atoms with Crippen LogP contribution in [-0.2, 0) is 4.79 Å². The molecule has 0 saturated carbocycles. The van der Waals surface area contributed by atoms with Crippen molar-refractivity contribution in [3.05, 3.63) is 0 Å². The molecule has 0 saturated heterocycles. The molecule has 4 heteroatoms. The van der Waals surface area contributed by atoms with Crippen LogP contribution in [-0.4, -0.2) is 47.7 Å². The largest absolute Gasteiger partial charge is 0.396 e. The predicted molar refractivity (Wildman–Crippen MR) is 84.8 cm³/mol. The topological polar surface area (TPSA) is 52.6 Å². The second kappa shape index (κ2) is 11.1. The first-order chi connectivity index (χ1) is 9.40. The second-order valence-corrected chi connectivity index (χ2v) is 6.48. The molecular formula is C16H34N2O2. The Morgan fingerprint density at radius 2 is 1.65 bits per heavy atom. The summed E-state index contributed by atoms with van der Waals surface area (Å²) in [5.74, 6) is 0.142. The van der Waals surface area contributed by atoms with Gasteiger partial charge < -0.3 is 15.3 Å². The number of hydrogen-bond donors (Lipinski definition) is 2. The third-order valence-corrected chi connectivity index (χ3v) is 3.24. The maximum Gasteiger partial charge on any atom is 0.236 e. The lowest BCUT2D eigenvalue weighted by Gasteiger charge is -2.26. The standard InChI is InChI=1S/C16H34N2O2/c1-5-6-7-8-9-11-18(12-10-13-19)15(20)14-17-16(2,3)4/h17,19H,5-14H2,1-4H3. The number of aliphatic hydroxyl groups excluding tert-OH is 1. The van der Waals surface area contributed by atoms with E-state index in [1.807, 2.05) is 4.90 Å². The number of carbonyl (C=O) groups excluding carboxylic acids is 1. The van der Waals surface area contributed by atoms with Crippen molar-refractivity contribution in [2.24, 2.45) is 0 Å². The molecule has 0 aromatic carbocycles. The average Bonchev–Trinajstić information content (AvgIpc) is 2.38. The minimum Gasteiger partial charge on any atom is -0.396 e. The molecule has 0 aromatic heterocycles. The quantitative estimate of drug-likeness (QED) is 0.574. The Labute approximate surface area is 124 Å². The van der Waals surface area contributed by atoms with Gasteiger partial charge in [0.15, 0.2) is 0 Å². The van der Waals surface area contributed by atoms with Gasteiger partial charge in [-0.15, -0.1) is 0 Å². The van der Waals surface area contributed by atoms with E-state index in [0.29, 0.717) is 19.5 Å². The van der Waals surface area contributed by atoms with Gasteiger partial charge >= 0.3 is 0 Å². The first-order valence-corrected chi connectivity index (χ1v) is 8.04. The Bertz CT molecular complexity index is 249. The van der Waals surface area contributed by atoms with Crippen molar-refractivity contribution in [2.45, 2.75) is 71.8 Å². The molecular weight excluding hydrogens is 252 g/mol. The van der Waals surface area contributed by atoms with E-state index in [9.17, 15) is 4.79 Å². The zero-order valence-electron chi connectivity index (χ0n) is 13.9. The number of carbonyl (C=O) groups is 1. The zero-order chi connectivity index (χ0) is 15.4. The Kier molecular flexibility index (Phi) is 10.8. The van der Waals surface area contributed by atoms with Gasteiger partial charge in [0.05, 0.1) is 6.54 Å². The summed E-state index contributed by atoms with van der Waals surface area (Å²) in [6, 6.07) is 0. The van der Waals surface area contributed by atoms with E-state index in [2.05, 4.69) is 33.0 Å². The first kappa shape index (κ1) is 19.4. The van der Waals surface area contributed by atoms with Crippen molar-refractivity contribution in [3.63, 3.8) is 0 Å². The highest BCUT2D eigenvalue weighted by Crippen LogP contribution is 2.05. The van der Waals surface area contributed by atoms with E-state index in [-0.39, 0.29) is 18.1 Å². The van der Waals surface area contributed by atoms with Gasteiger partial charge in [-0.1, -0.05) is 32.6 Å². The summed E-state index contributed by atoms with van der Waals surface area (Å²) in [4.78, 5) is 14.1. The fraction of sp³-hybridized carbons (Fsp3) is 0.938. The average molecular weight is 286 g/mol. The van der Waals surface area contributed by atoms with Gasteiger partial charge in [-0.05, 0) is 33.6 Å². The Morgan fingerprint density at radius 1 is 1.05 bits per heavy atom. The lowest BCUT2D eigenvalue weighted by Crippen LogP contribution is -2.45. The molecule has 0 aromatic rings. The number of hydrogen-bond acceptors (Lipinski definition) is 3. The smallest absolute Gasteiger partial charge is 0.236 e. The summed E-state index contributed by atoms with van der Waals surface area (Å²) < 4.78 is 0. The fourth-order valence-corrected chi connectivity index (χ4v) is 1.98. The molecule has 4 nitrogen and oxygen atoms in total. The highest BCUT2D eigenvalue weighted by atomic mass is 16.3. The molecule has 0 heterocycles. The molecule has 0 aliphatic heterocycles. The summed E-state index contributed by atoms with van der Waals surface area (Å²) in [5.41, 5.74) is -0.0422. The van der Waals surface area contributed by atoms with Crippen LogP contribution in [0.15, 0.2) is 0 Å². The number of unbranched alkanes of at least 4 members (excludes halogenated alkanes) is 4. The van der Waals surface area contributed by atoms with Crippen LogP contribution in [0.5, 0.6) is 0 Å². The van der Waals surface area contributed by atoms with E-state index < -0.39 is 0 Å². The molecule has 0 bridgehead atoms. The molecule has 0 aliphatic rings. The molecule has 0 spiro atoms. The third kappa shape index (κ3) is 11.2. The molecule has 0 radical (unpaired) electrons. The molecule has 20 heavy (non-hydrogen) atoms. The molecule has 0 rings (SSSR count). The van der Waals surface area contributed by atoms with Crippen molar-refractivity contribution >= 4 is 5.91 Å². The van der Waals surface area contributed by atoms with Gasteiger partial charge in [-0.3, -0.25) is 4.79 Å². The van der Waals surface area contributed by atoms with Crippen LogP contribution in [0.3, 0.4) is 0 Å². The third-order valence-electron chi connectivity index (χ3n) is 3.24. The molecule has 1 amide bonds. The number of nitrogens with one attached hydrogen (secondary N) is 1. The molecule has 0 unspecified atom stereocenters. The molecule has 0 aliphatic carbocycles. The number of amides is 1. The number of nitrogens with zero attached hydrogens (tertiary/aromatic N) is 1. The molecule has 0 atom stereocenters. The highest BCUT2D eigenvalue weighted by Gasteiger charge is 2.16. The van der Waals surface area contributed by atoms with Gasteiger partial charge in [-0.25, -0.2) is 0 Å². The Hall–Kier alpha value is -0.610. The van der Waals surface area contributed by atoms with E-state index in [1.54, 1.807) is 0 Å². The second-order valence-electron chi connectivity index (χ2n) is 6.48. The minimum atomic E-state index is -0.0422. The van der Waals surface area contributed by atoms with E-state index in [4.69, 9.17) is 5.11 Å². The van der Waals surface area contributed by atoms with Crippen molar-refractivity contribution in [3.8, 4) is 0 Å². The maximum absolute atomic E-state index is 12.2. The van der Waals surface area contributed by atoms with Crippen LogP contribution in [0.25, 0.3) is 0 Å². The maximum atomic E-state index is 12.2. The number of rotatable bonds is 11. The fourth-order valence-electron chi connectivity index (χ4n) is 1.98. The summed E-state index contributed by atoms with van der Waals surface area (Å²) in [6.07, 6.45) is 6.67. The van der Waals surface area contributed by atoms with Gasteiger partial charge in [0, 0.05) is 25.2 Å². The summed E-state index contributed by atoms with van der Waals surface area (Å²) in [6.45, 7) is 10.4. The van der Waals surface area contributed by atoms with Gasteiger partial charge in [0.25, 0.3) is 0 Å². The van der Waals surface area contributed by atoms with Crippen LogP contribution in [0.4, 0.5) is 0 Å². The highest BCUT2D eigenvalue weighted by molar-refractivity contribution is 5.78. The minimum absolute atomic E-state index is 0.0422. The van der Waals surface area contributed by atoms with Crippen molar-refractivity contribution < 1.29 is 9.90 Å². The lowest BCUT2D eigenvalue weighted by molar-refractivity contribution is -0.130. The number of aliphatic hydroxyl groups is 1. The Balaban J connectivity index is 4.07. The SMILES string of the molecule is CCCCCCCN(CCCO)C(=O)CNC(C)(C)C. The predicted octanol–water partition coefficient (Wildman–Crippen LogP) is 2.56. The Morgan fingerprint density at radius 3 is 2.20 bits per heavy atom. The normalized spacial score (nSPS) is 11.7. The van der Waals surface area contributed by atoms with Crippen molar-refractivity contribution in [2.75, 3.05) is 26.2 Å². The summed E-state index contributed by atoms with van der Waals surface area (Å²) >= 11 is 0. The van der Waals surface area contributed by atoms with Gasteiger partial charge in [0.1, 0.15) is 0 Å². The zero-order valence-corrected chi connectivity index (χ0v) is 13.9. The summed E-state index contributed by atoms with van der Waals surface area (Å²) in [5, 5.41) is 12.2. The molecule has 0 fully saturated rings. The van der Waals surface area contributed by atoms with E-state index >= 15 is 0 Å². The van der Waals surface area contributed by atoms with Crippen LogP contribution in [0.2, 0.25) is 0 Å². The van der Waals surface area contributed by atoms with Crippen LogP contribution in [0, 0.1) is 0 Å². The van der Waals surface area contributed by atoms with E-state index in [1.165, 1.54) is 25.7 Å². The van der Waals surface area contributed by atoms with Gasteiger partial charge in [-0.2, -0.15) is 0 Å². The van der Waals surface area contributed by atoms with Crippen LogP contribution >= 0.6 is 0 Å². The monoisotopic (exact) mass is 286 g/mol. The van der Waals surface area contributed by atoms with Crippen LogP contribution < -0.4 is 5.32 Å². The first-order valence-electron chi connectivity index (χ1n) is 8.04. The summed E-state index contributed by atoms with van der Waals surface area (Å²) in [7, 11) is 0. The van der Waals surface area contributed by atoms with Crippen molar-refractivity contribution in [1.82, 2.24) is 10.2 Å². The van der Waals surface area contributed by atoms with E-state index in [0.717, 1.165) is 13.0 Å². The van der Waals surface area contributed by atoms with Crippen molar-refractivity contribution in [1.29, 1.82) is 0 Å².